The van der Waals surface area contributed by atoms with Gasteiger partial charge in [0.1, 0.15) is 5.82 Å². The van der Waals surface area contributed by atoms with E-state index in [1.807, 2.05) is 25.2 Å². The standard InChI is InChI=1S/C16H20N2O2/c1-12-11-13-7-4-5-8-14(13)17-16(12)18(2)10-6-9-15(19)20-3/h4-5,7-8,11H,6,9-10H2,1-3H3. The molecule has 106 valence electrons. The molecular formula is C16H20N2O2. The number of carbonyl (C=O) groups is 1. The smallest absolute Gasteiger partial charge is 0.305 e. The molecule has 4 heteroatoms. The van der Waals surface area contributed by atoms with E-state index in [2.05, 4.69) is 28.7 Å². The molecule has 0 spiro atoms. The van der Waals surface area contributed by atoms with E-state index in [1.54, 1.807) is 0 Å². The molecule has 0 fully saturated rings. The zero-order valence-electron chi connectivity index (χ0n) is 12.2. The van der Waals surface area contributed by atoms with E-state index in [0.29, 0.717) is 6.42 Å². The van der Waals surface area contributed by atoms with Crippen LogP contribution in [0.5, 0.6) is 0 Å². The summed E-state index contributed by atoms with van der Waals surface area (Å²) in [5.74, 6) is 0.801. The Bertz CT molecular complexity index is 610. The Balaban J connectivity index is 2.11. The summed E-state index contributed by atoms with van der Waals surface area (Å²) >= 11 is 0. The molecule has 0 aliphatic rings. The highest BCUT2D eigenvalue weighted by Crippen LogP contribution is 2.22. The summed E-state index contributed by atoms with van der Waals surface area (Å²) in [7, 11) is 3.42. The van der Waals surface area contributed by atoms with Crippen molar-refractivity contribution in [1.82, 2.24) is 4.98 Å². The average Bonchev–Trinajstić information content (AvgIpc) is 2.46. The van der Waals surface area contributed by atoms with Crippen LogP contribution in [0.4, 0.5) is 5.82 Å². The molecule has 1 heterocycles. The number of benzene rings is 1. The van der Waals surface area contributed by atoms with Gasteiger partial charge in [-0.25, -0.2) is 4.98 Å². The number of hydrogen-bond donors (Lipinski definition) is 0. The van der Waals surface area contributed by atoms with Crippen molar-refractivity contribution < 1.29 is 9.53 Å². The third-order valence-electron chi connectivity index (χ3n) is 3.35. The molecule has 0 atom stereocenters. The topological polar surface area (TPSA) is 42.4 Å². The van der Waals surface area contributed by atoms with E-state index in [9.17, 15) is 4.79 Å². The van der Waals surface area contributed by atoms with Crippen molar-refractivity contribution >= 4 is 22.7 Å². The monoisotopic (exact) mass is 272 g/mol. The Morgan fingerprint density at radius 2 is 2.10 bits per heavy atom. The number of esters is 1. The molecule has 1 aromatic heterocycles. The lowest BCUT2D eigenvalue weighted by Gasteiger charge is -2.20. The number of methoxy groups -OCH3 is 1. The molecule has 0 saturated carbocycles. The van der Waals surface area contributed by atoms with Crippen LogP contribution < -0.4 is 4.90 Å². The van der Waals surface area contributed by atoms with E-state index in [0.717, 1.165) is 35.2 Å². The molecule has 0 bridgehead atoms. The largest absolute Gasteiger partial charge is 0.469 e. The predicted molar refractivity (Wildman–Crippen MR) is 81.0 cm³/mol. The lowest BCUT2D eigenvalue weighted by molar-refractivity contribution is -0.140. The van der Waals surface area contributed by atoms with Crippen molar-refractivity contribution in [2.24, 2.45) is 0 Å². The third-order valence-corrected chi connectivity index (χ3v) is 3.35. The number of para-hydroxylation sites is 1. The molecule has 1 aromatic carbocycles. The van der Waals surface area contributed by atoms with Gasteiger partial charge in [0.15, 0.2) is 0 Å². The molecule has 2 aromatic rings. The van der Waals surface area contributed by atoms with Gasteiger partial charge in [0.25, 0.3) is 0 Å². The number of aromatic nitrogens is 1. The van der Waals surface area contributed by atoms with Gasteiger partial charge in [0.05, 0.1) is 12.6 Å². The minimum absolute atomic E-state index is 0.165. The normalized spacial score (nSPS) is 10.6. The number of carbonyl (C=O) groups excluding carboxylic acids is 1. The first-order valence-electron chi connectivity index (χ1n) is 6.76. The minimum Gasteiger partial charge on any atom is -0.469 e. The Labute approximate surface area is 119 Å². The number of aryl methyl sites for hydroxylation is 1. The van der Waals surface area contributed by atoms with Gasteiger partial charge in [-0.05, 0) is 31.0 Å². The minimum atomic E-state index is -0.165. The fourth-order valence-corrected chi connectivity index (χ4v) is 2.27. The first-order chi connectivity index (χ1) is 9.61. The van der Waals surface area contributed by atoms with E-state index in [1.165, 1.54) is 7.11 Å². The molecule has 0 unspecified atom stereocenters. The lowest BCUT2D eigenvalue weighted by Crippen LogP contribution is -2.21. The van der Waals surface area contributed by atoms with E-state index in [4.69, 9.17) is 4.98 Å². The zero-order valence-corrected chi connectivity index (χ0v) is 12.2. The van der Waals surface area contributed by atoms with Crippen LogP contribution in [0.3, 0.4) is 0 Å². The summed E-state index contributed by atoms with van der Waals surface area (Å²) < 4.78 is 4.65. The second kappa shape index (κ2) is 6.37. The van der Waals surface area contributed by atoms with Crippen LogP contribution in [-0.4, -0.2) is 31.7 Å². The van der Waals surface area contributed by atoms with Crippen molar-refractivity contribution in [1.29, 1.82) is 0 Å². The molecule has 0 amide bonds. The third kappa shape index (κ3) is 3.26. The number of nitrogens with zero attached hydrogens (tertiary/aromatic N) is 2. The van der Waals surface area contributed by atoms with Crippen molar-refractivity contribution in [2.75, 3.05) is 25.6 Å². The maximum atomic E-state index is 11.1. The summed E-state index contributed by atoms with van der Waals surface area (Å²) in [5.41, 5.74) is 2.14. The van der Waals surface area contributed by atoms with Crippen molar-refractivity contribution in [3.05, 3.63) is 35.9 Å². The SMILES string of the molecule is COC(=O)CCCN(C)c1nc2ccccc2cc1C. The first-order valence-corrected chi connectivity index (χ1v) is 6.76. The quantitative estimate of drug-likeness (QED) is 0.785. The molecular weight excluding hydrogens is 252 g/mol. The van der Waals surface area contributed by atoms with Crippen LogP contribution in [0.25, 0.3) is 10.9 Å². The number of fused-ring (bicyclic) bond motifs is 1. The number of rotatable bonds is 5. The molecule has 4 nitrogen and oxygen atoms in total. The van der Waals surface area contributed by atoms with Gasteiger partial charge in [-0.2, -0.15) is 0 Å². The number of pyridine rings is 1. The summed E-state index contributed by atoms with van der Waals surface area (Å²) in [4.78, 5) is 17.9. The summed E-state index contributed by atoms with van der Waals surface area (Å²) in [6.07, 6.45) is 1.20. The molecule has 0 radical (unpaired) electrons. The van der Waals surface area contributed by atoms with Crippen LogP contribution in [0.2, 0.25) is 0 Å². The van der Waals surface area contributed by atoms with Gasteiger partial charge >= 0.3 is 5.97 Å². The highest BCUT2D eigenvalue weighted by atomic mass is 16.5. The Kier molecular flexibility index (Phi) is 4.56. The highest BCUT2D eigenvalue weighted by Gasteiger charge is 2.09. The van der Waals surface area contributed by atoms with Crippen LogP contribution in [0.15, 0.2) is 30.3 Å². The van der Waals surface area contributed by atoms with E-state index >= 15 is 0 Å². The first kappa shape index (κ1) is 14.3. The molecule has 0 N–H and O–H groups in total. The van der Waals surface area contributed by atoms with Crippen molar-refractivity contribution in [3.63, 3.8) is 0 Å². The second-order valence-electron chi connectivity index (χ2n) is 4.92. The maximum Gasteiger partial charge on any atom is 0.305 e. The Morgan fingerprint density at radius 3 is 2.85 bits per heavy atom. The van der Waals surface area contributed by atoms with Gasteiger partial charge in [-0.15, -0.1) is 0 Å². The second-order valence-corrected chi connectivity index (χ2v) is 4.92. The van der Waals surface area contributed by atoms with Crippen molar-refractivity contribution in [2.45, 2.75) is 19.8 Å². The molecule has 0 aliphatic carbocycles. The van der Waals surface area contributed by atoms with Gasteiger partial charge in [-0.3, -0.25) is 4.79 Å². The van der Waals surface area contributed by atoms with Crippen LogP contribution in [0, 0.1) is 6.92 Å². The summed E-state index contributed by atoms with van der Waals surface area (Å²) in [5, 5.41) is 1.15. The zero-order chi connectivity index (χ0) is 14.5. The van der Waals surface area contributed by atoms with Gasteiger partial charge in [-0.1, -0.05) is 18.2 Å². The van der Waals surface area contributed by atoms with Gasteiger partial charge in [0.2, 0.25) is 0 Å². The predicted octanol–water partition coefficient (Wildman–Crippen LogP) is 2.93. The van der Waals surface area contributed by atoms with Crippen LogP contribution in [-0.2, 0) is 9.53 Å². The highest BCUT2D eigenvalue weighted by molar-refractivity contribution is 5.81. The average molecular weight is 272 g/mol. The molecule has 2 rings (SSSR count). The van der Waals surface area contributed by atoms with E-state index in [-0.39, 0.29) is 5.97 Å². The number of ether oxygens (including phenoxy) is 1. The fourth-order valence-electron chi connectivity index (χ4n) is 2.27. The molecule has 0 saturated heterocycles. The Hall–Kier alpha value is -2.10. The van der Waals surface area contributed by atoms with Gasteiger partial charge < -0.3 is 9.64 Å². The molecule has 20 heavy (non-hydrogen) atoms. The fraction of sp³-hybridized carbons (Fsp3) is 0.375. The maximum absolute atomic E-state index is 11.1. The summed E-state index contributed by atoms with van der Waals surface area (Å²) in [6, 6.07) is 10.2. The van der Waals surface area contributed by atoms with Crippen LogP contribution >= 0.6 is 0 Å². The Morgan fingerprint density at radius 1 is 1.35 bits per heavy atom. The number of hydrogen-bond acceptors (Lipinski definition) is 4. The van der Waals surface area contributed by atoms with Crippen molar-refractivity contribution in [3.8, 4) is 0 Å². The van der Waals surface area contributed by atoms with Crippen LogP contribution in [0.1, 0.15) is 18.4 Å². The van der Waals surface area contributed by atoms with Gasteiger partial charge in [0, 0.05) is 25.4 Å². The summed E-state index contributed by atoms with van der Waals surface area (Å²) in [6.45, 7) is 2.84. The lowest BCUT2D eigenvalue weighted by atomic mass is 10.1. The van der Waals surface area contributed by atoms with E-state index < -0.39 is 0 Å². The molecule has 0 aliphatic heterocycles. The number of anilines is 1.